The number of nitrogens with zero attached hydrogens (tertiary/aromatic N) is 2. The molecule has 0 aliphatic heterocycles. The zero-order valence-corrected chi connectivity index (χ0v) is 12.3. The molecule has 0 aromatic heterocycles. The topological polar surface area (TPSA) is 83.7 Å². The van der Waals surface area contributed by atoms with Crippen molar-refractivity contribution in [3.63, 3.8) is 0 Å². The molecule has 0 unspecified atom stereocenters. The molecule has 1 saturated carbocycles. The van der Waals surface area contributed by atoms with E-state index in [0.717, 1.165) is 19.3 Å². The van der Waals surface area contributed by atoms with Crippen LogP contribution in [0.4, 0.5) is 5.69 Å². The Kier molecular flexibility index (Phi) is 4.45. The molecular weight excluding hydrogens is 272 g/mol. The second-order valence-corrected chi connectivity index (χ2v) is 5.87. The molecule has 0 heterocycles. The molecule has 1 aliphatic carbocycles. The molecule has 0 bridgehead atoms. The van der Waals surface area contributed by atoms with Crippen LogP contribution in [0.15, 0.2) is 18.2 Å². The largest absolute Gasteiger partial charge is 0.508 e. The third kappa shape index (κ3) is 3.71. The van der Waals surface area contributed by atoms with Crippen molar-refractivity contribution in [3.05, 3.63) is 33.9 Å². The Bertz CT molecular complexity index is 553. The van der Waals surface area contributed by atoms with Crippen molar-refractivity contribution in [3.8, 4) is 5.75 Å². The summed E-state index contributed by atoms with van der Waals surface area (Å²) in [6.07, 6.45) is 2.74. The maximum Gasteiger partial charge on any atom is 0.282 e. The smallest absolute Gasteiger partial charge is 0.282 e. The number of hydrogen-bond donors (Lipinski definition) is 1. The molecule has 0 atom stereocenters. The molecule has 6 nitrogen and oxygen atoms in total. The van der Waals surface area contributed by atoms with Gasteiger partial charge in [-0.2, -0.15) is 0 Å². The minimum absolute atomic E-state index is 0.0318. The molecule has 0 radical (unpaired) electrons. The minimum Gasteiger partial charge on any atom is -0.508 e. The average molecular weight is 292 g/mol. The number of hydrogen-bond acceptors (Lipinski definition) is 4. The van der Waals surface area contributed by atoms with Gasteiger partial charge in [0.05, 0.1) is 4.92 Å². The summed E-state index contributed by atoms with van der Waals surface area (Å²) in [5.41, 5.74) is -0.288. The molecule has 1 aliphatic rings. The van der Waals surface area contributed by atoms with Gasteiger partial charge in [0.15, 0.2) is 0 Å². The van der Waals surface area contributed by atoms with Crippen LogP contribution in [-0.4, -0.2) is 33.4 Å². The van der Waals surface area contributed by atoms with Gasteiger partial charge in [0, 0.05) is 18.7 Å². The van der Waals surface area contributed by atoms with Crippen molar-refractivity contribution in [2.45, 2.75) is 39.2 Å². The number of nitro groups is 1. The minimum atomic E-state index is -0.583. The first kappa shape index (κ1) is 15.3. The maximum atomic E-state index is 12.6. The van der Waals surface area contributed by atoms with Gasteiger partial charge in [-0.25, -0.2) is 0 Å². The molecule has 21 heavy (non-hydrogen) atoms. The van der Waals surface area contributed by atoms with E-state index in [1.54, 1.807) is 4.90 Å². The Hall–Kier alpha value is -2.11. The number of aromatic hydroxyl groups is 1. The third-order valence-electron chi connectivity index (χ3n) is 3.60. The highest BCUT2D eigenvalue weighted by atomic mass is 16.6. The van der Waals surface area contributed by atoms with E-state index < -0.39 is 4.92 Å². The first-order chi connectivity index (χ1) is 9.90. The van der Waals surface area contributed by atoms with E-state index in [1.165, 1.54) is 18.2 Å². The van der Waals surface area contributed by atoms with E-state index in [0.29, 0.717) is 12.5 Å². The fourth-order valence-electron chi connectivity index (χ4n) is 2.24. The summed E-state index contributed by atoms with van der Waals surface area (Å²) < 4.78 is 0. The number of nitro benzene ring substituents is 1. The Balaban J connectivity index is 2.27. The summed E-state index contributed by atoms with van der Waals surface area (Å²) >= 11 is 0. The van der Waals surface area contributed by atoms with Crippen molar-refractivity contribution in [2.24, 2.45) is 5.92 Å². The second kappa shape index (κ2) is 6.11. The Labute approximate surface area is 123 Å². The van der Waals surface area contributed by atoms with Gasteiger partial charge in [-0.1, -0.05) is 13.8 Å². The predicted octanol–water partition coefficient (Wildman–Crippen LogP) is 2.95. The van der Waals surface area contributed by atoms with Gasteiger partial charge in [0.25, 0.3) is 11.6 Å². The molecule has 1 N–H and O–H groups in total. The van der Waals surface area contributed by atoms with Crippen LogP contribution in [0, 0.1) is 16.0 Å². The van der Waals surface area contributed by atoms with E-state index in [1.807, 2.05) is 0 Å². The lowest BCUT2D eigenvalue weighted by atomic mass is 10.1. The maximum absolute atomic E-state index is 12.6. The van der Waals surface area contributed by atoms with Gasteiger partial charge in [-0.05, 0) is 37.3 Å². The van der Waals surface area contributed by atoms with Crippen molar-refractivity contribution in [2.75, 3.05) is 6.54 Å². The molecule has 6 heteroatoms. The summed E-state index contributed by atoms with van der Waals surface area (Å²) in [5, 5.41) is 20.6. The number of phenolic OH excluding ortho intramolecular Hbond substituents is 1. The van der Waals surface area contributed by atoms with Crippen molar-refractivity contribution < 1.29 is 14.8 Å². The lowest BCUT2D eigenvalue weighted by Crippen LogP contribution is -2.35. The molecule has 2 rings (SSSR count). The fourth-order valence-corrected chi connectivity index (χ4v) is 2.24. The van der Waals surface area contributed by atoms with Crippen LogP contribution in [0.1, 0.15) is 43.5 Å². The van der Waals surface area contributed by atoms with E-state index in [4.69, 9.17) is 0 Å². The van der Waals surface area contributed by atoms with Crippen molar-refractivity contribution in [1.29, 1.82) is 0 Å². The van der Waals surface area contributed by atoms with Crippen LogP contribution >= 0.6 is 0 Å². The normalized spacial score (nSPS) is 14.2. The zero-order chi connectivity index (χ0) is 15.6. The molecule has 114 valence electrons. The second-order valence-electron chi connectivity index (χ2n) is 5.87. The quantitative estimate of drug-likeness (QED) is 0.645. The summed E-state index contributed by atoms with van der Waals surface area (Å²) in [6.45, 7) is 4.74. The molecule has 0 saturated heterocycles. The lowest BCUT2D eigenvalue weighted by Gasteiger charge is -2.23. The van der Waals surface area contributed by atoms with Crippen molar-refractivity contribution in [1.82, 2.24) is 4.90 Å². The van der Waals surface area contributed by atoms with Crippen LogP contribution in [0.5, 0.6) is 5.75 Å². The Morgan fingerprint density at radius 1 is 1.48 bits per heavy atom. The highest BCUT2D eigenvalue weighted by molar-refractivity contribution is 5.98. The monoisotopic (exact) mass is 292 g/mol. The predicted molar refractivity (Wildman–Crippen MR) is 78.3 cm³/mol. The first-order valence-electron chi connectivity index (χ1n) is 7.18. The highest BCUT2D eigenvalue weighted by Gasteiger charge is 2.35. The molecule has 1 fully saturated rings. The van der Waals surface area contributed by atoms with E-state index in [2.05, 4.69) is 13.8 Å². The zero-order valence-electron chi connectivity index (χ0n) is 12.3. The van der Waals surface area contributed by atoms with E-state index >= 15 is 0 Å². The van der Waals surface area contributed by atoms with Crippen LogP contribution in [-0.2, 0) is 0 Å². The number of carbonyl (C=O) groups is 1. The van der Waals surface area contributed by atoms with Gasteiger partial charge in [-0.15, -0.1) is 0 Å². The fraction of sp³-hybridized carbons (Fsp3) is 0.533. The van der Waals surface area contributed by atoms with Crippen molar-refractivity contribution >= 4 is 11.6 Å². The van der Waals surface area contributed by atoms with Crippen LogP contribution in [0.3, 0.4) is 0 Å². The summed E-state index contributed by atoms with van der Waals surface area (Å²) in [6, 6.07) is 3.77. The van der Waals surface area contributed by atoms with Crippen LogP contribution in [0.2, 0.25) is 0 Å². The van der Waals surface area contributed by atoms with Gasteiger partial charge < -0.3 is 10.0 Å². The summed E-state index contributed by atoms with van der Waals surface area (Å²) in [4.78, 5) is 24.8. The van der Waals surface area contributed by atoms with E-state index in [9.17, 15) is 20.0 Å². The lowest BCUT2D eigenvalue weighted by molar-refractivity contribution is -0.385. The van der Waals surface area contributed by atoms with Crippen LogP contribution in [0.25, 0.3) is 0 Å². The van der Waals surface area contributed by atoms with Crippen LogP contribution < -0.4 is 0 Å². The summed E-state index contributed by atoms with van der Waals surface area (Å²) in [7, 11) is 0. The highest BCUT2D eigenvalue weighted by Crippen LogP contribution is 2.32. The summed E-state index contributed by atoms with van der Waals surface area (Å²) in [5.74, 6) is -0.0393. The van der Waals surface area contributed by atoms with Gasteiger partial charge in [0.2, 0.25) is 0 Å². The molecule has 0 spiro atoms. The molecule has 1 aromatic rings. The van der Waals surface area contributed by atoms with E-state index in [-0.39, 0.29) is 28.9 Å². The Morgan fingerprint density at radius 2 is 2.14 bits per heavy atom. The average Bonchev–Trinajstić information content (AvgIpc) is 3.22. The number of phenols is 1. The molecule has 1 amide bonds. The number of carbonyl (C=O) groups excluding carboxylic acids is 1. The van der Waals surface area contributed by atoms with Gasteiger partial charge in [-0.3, -0.25) is 14.9 Å². The third-order valence-corrected chi connectivity index (χ3v) is 3.60. The molecule has 1 aromatic carbocycles. The molecular formula is C15H20N2O4. The number of amides is 1. The standard InChI is InChI=1S/C15H20N2O4/c1-10(2)7-8-16(11-3-4-11)15(19)13-9-12(18)5-6-14(13)17(20)21/h5-6,9-11,18H,3-4,7-8H2,1-2H3. The Morgan fingerprint density at radius 3 is 2.67 bits per heavy atom. The number of benzene rings is 1. The first-order valence-corrected chi connectivity index (χ1v) is 7.18. The SMILES string of the molecule is CC(C)CCN(C(=O)c1cc(O)ccc1[N+](=O)[O-])C1CC1. The van der Waals surface area contributed by atoms with Gasteiger partial charge in [0.1, 0.15) is 11.3 Å². The number of rotatable bonds is 6. The van der Waals surface area contributed by atoms with Gasteiger partial charge >= 0.3 is 0 Å².